The van der Waals surface area contributed by atoms with Gasteiger partial charge in [-0.2, -0.15) is 0 Å². The maximum atomic E-state index is 13.4. The van der Waals surface area contributed by atoms with E-state index in [1.54, 1.807) is 6.07 Å². The van der Waals surface area contributed by atoms with Crippen LogP contribution in [0.4, 0.5) is 10.1 Å². The number of hydrogen-bond acceptors (Lipinski definition) is 3. The fourth-order valence-electron chi connectivity index (χ4n) is 1.47. The largest absolute Gasteiger partial charge is 0.323 e. The number of hydrazine groups is 1. The first kappa shape index (κ1) is 8.90. The van der Waals surface area contributed by atoms with Crippen LogP contribution in [0, 0.1) is 12.7 Å². The van der Waals surface area contributed by atoms with Crippen LogP contribution in [0.15, 0.2) is 24.4 Å². The van der Waals surface area contributed by atoms with Gasteiger partial charge in [0.1, 0.15) is 11.3 Å². The molecule has 0 saturated carbocycles. The molecule has 72 valence electrons. The van der Waals surface area contributed by atoms with E-state index in [0.717, 1.165) is 5.56 Å². The van der Waals surface area contributed by atoms with Crippen molar-refractivity contribution in [1.29, 1.82) is 0 Å². The lowest BCUT2D eigenvalue weighted by Crippen LogP contribution is -2.07. The topological polar surface area (TPSA) is 50.9 Å². The fourth-order valence-corrected chi connectivity index (χ4v) is 1.47. The van der Waals surface area contributed by atoms with E-state index in [2.05, 4.69) is 10.4 Å². The highest BCUT2D eigenvalue weighted by atomic mass is 19.1. The summed E-state index contributed by atoms with van der Waals surface area (Å²) in [4.78, 5) is 3.96. The normalized spacial score (nSPS) is 10.5. The Morgan fingerprint density at radius 3 is 2.93 bits per heavy atom. The number of nitrogen functional groups attached to an aromatic ring is 1. The Hall–Kier alpha value is -1.68. The maximum absolute atomic E-state index is 13.4. The van der Waals surface area contributed by atoms with Crippen LogP contribution in [-0.2, 0) is 0 Å². The Morgan fingerprint density at radius 2 is 2.21 bits per heavy atom. The van der Waals surface area contributed by atoms with E-state index in [-0.39, 0.29) is 5.82 Å². The van der Waals surface area contributed by atoms with Crippen molar-refractivity contribution in [3.63, 3.8) is 0 Å². The smallest absolute Gasteiger partial charge is 0.149 e. The SMILES string of the molecule is Cc1cc(F)c2nccc(NN)c2c1. The summed E-state index contributed by atoms with van der Waals surface area (Å²) in [6, 6.07) is 5.01. The third-order valence-electron chi connectivity index (χ3n) is 2.10. The number of benzene rings is 1. The van der Waals surface area contributed by atoms with Gasteiger partial charge in [-0.05, 0) is 30.7 Å². The number of aryl methyl sites for hydroxylation is 1. The summed E-state index contributed by atoms with van der Waals surface area (Å²) in [6.07, 6.45) is 1.52. The van der Waals surface area contributed by atoms with Gasteiger partial charge in [0.2, 0.25) is 0 Å². The van der Waals surface area contributed by atoms with Gasteiger partial charge in [0, 0.05) is 11.6 Å². The van der Waals surface area contributed by atoms with E-state index < -0.39 is 0 Å². The minimum atomic E-state index is -0.322. The number of anilines is 1. The lowest BCUT2D eigenvalue weighted by Gasteiger charge is -2.06. The molecule has 0 aliphatic rings. The Labute approximate surface area is 80.7 Å². The highest BCUT2D eigenvalue weighted by Gasteiger charge is 2.06. The van der Waals surface area contributed by atoms with Gasteiger partial charge < -0.3 is 5.43 Å². The van der Waals surface area contributed by atoms with E-state index in [1.807, 2.05) is 13.0 Å². The lowest BCUT2D eigenvalue weighted by atomic mass is 10.1. The molecule has 0 amide bonds. The van der Waals surface area contributed by atoms with Crippen LogP contribution in [0.2, 0.25) is 0 Å². The molecular formula is C10H10FN3. The number of pyridine rings is 1. The van der Waals surface area contributed by atoms with Crippen molar-refractivity contribution in [2.75, 3.05) is 5.43 Å². The van der Waals surface area contributed by atoms with E-state index in [9.17, 15) is 4.39 Å². The first-order chi connectivity index (χ1) is 6.72. The van der Waals surface area contributed by atoms with Crippen molar-refractivity contribution in [3.8, 4) is 0 Å². The minimum Gasteiger partial charge on any atom is -0.323 e. The lowest BCUT2D eigenvalue weighted by molar-refractivity contribution is 0.636. The number of aromatic nitrogens is 1. The Morgan fingerprint density at radius 1 is 1.43 bits per heavy atom. The number of nitrogens with one attached hydrogen (secondary N) is 1. The van der Waals surface area contributed by atoms with E-state index >= 15 is 0 Å². The van der Waals surface area contributed by atoms with Crippen molar-refractivity contribution in [3.05, 3.63) is 35.8 Å². The van der Waals surface area contributed by atoms with Gasteiger partial charge in [-0.25, -0.2) is 4.39 Å². The summed E-state index contributed by atoms with van der Waals surface area (Å²) in [5.41, 5.74) is 4.38. The zero-order chi connectivity index (χ0) is 10.1. The zero-order valence-corrected chi connectivity index (χ0v) is 7.71. The summed E-state index contributed by atoms with van der Waals surface area (Å²) in [7, 11) is 0. The number of hydrogen-bond donors (Lipinski definition) is 2. The second kappa shape index (κ2) is 3.23. The number of halogens is 1. The highest BCUT2D eigenvalue weighted by molar-refractivity contribution is 5.91. The van der Waals surface area contributed by atoms with Crippen LogP contribution in [0.25, 0.3) is 10.9 Å². The van der Waals surface area contributed by atoms with E-state index in [4.69, 9.17) is 5.84 Å². The summed E-state index contributed by atoms with van der Waals surface area (Å²) in [6.45, 7) is 1.83. The fraction of sp³-hybridized carbons (Fsp3) is 0.100. The number of nitrogens with zero attached hydrogens (tertiary/aromatic N) is 1. The second-order valence-corrected chi connectivity index (χ2v) is 3.15. The molecule has 0 unspecified atom stereocenters. The van der Waals surface area contributed by atoms with Crippen LogP contribution < -0.4 is 11.3 Å². The molecular weight excluding hydrogens is 181 g/mol. The first-order valence-corrected chi connectivity index (χ1v) is 4.24. The summed E-state index contributed by atoms with van der Waals surface area (Å²) in [5.74, 6) is 4.99. The highest BCUT2D eigenvalue weighted by Crippen LogP contribution is 2.24. The zero-order valence-electron chi connectivity index (χ0n) is 7.71. The molecule has 2 rings (SSSR count). The number of fused-ring (bicyclic) bond motifs is 1. The molecule has 4 heteroatoms. The van der Waals surface area contributed by atoms with Crippen molar-refractivity contribution in [2.24, 2.45) is 5.84 Å². The quantitative estimate of drug-likeness (QED) is 0.535. The molecule has 1 aromatic carbocycles. The number of rotatable bonds is 1. The van der Waals surface area contributed by atoms with Crippen LogP contribution >= 0.6 is 0 Å². The van der Waals surface area contributed by atoms with Crippen molar-refractivity contribution in [1.82, 2.24) is 4.98 Å². The van der Waals surface area contributed by atoms with Crippen LogP contribution in [0.3, 0.4) is 0 Å². The number of nitrogens with two attached hydrogens (primary N) is 1. The molecule has 14 heavy (non-hydrogen) atoms. The minimum absolute atomic E-state index is 0.322. The molecule has 0 bridgehead atoms. The summed E-state index contributed by atoms with van der Waals surface area (Å²) < 4.78 is 13.4. The van der Waals surface area contributed by atoms with Gasteiger partial charge >= 0.3 is 0 Å². The van der Waals surface area contributed by atoms with Crippen molar-refractivity contribution >= 4 is 16.6 Å². The third kappa shape index (κ3) is 1.29. The molecule has 3 nitrogen and oxygen atoms in total. The predicted molar refractivity (Wildman–Crippen MR) is 54.2 cm³/mol. The Kier molecular flexibility index (Phi) is 2.05. The van der Waals surface area contributed by atoms with E-state index in [0.29, 0.717) is 16.6 Å². The molecule has 0 aliphatic carbocycles. The maximum Gasteiger partial charge on any atom is 0.149 e. The Bertz CT molecular complexity index is 482. The molecule has 0 fully saturated rings. The molecule has 1 aromatic heterocycles. The standard InChI is InChI=1S/C10H10FN3/c1-6-4-7-9(14-12)2-3-13-10(7)8(11)5-6/h2-5H,12H2,1H3,(H,13,14). The van der Waals surface area contributed by atoms with Gasteiger partial charge in [-0.15, -0.1) is 0 Å². The molecule has 0 radical (unpaired) electrons. The van der Waals surface area contributed by atoms with Gasteiger partial charge in [0.25, 0.3) is 0 Å². The molecule has 3 N–H and O–H groups in total. The monoisotopic (exact) mass is 191 g/mol. The molecule has 0 saturated heterocycles. The van der Waals surface area contributed by atoms with Gasteiger partial charge in [0.05, 0.1) is 5.69 Å². The molecule has 1 heterocycles. The summed E-state index contributed by atoms with van der Waals surface area (Å²) in [5, 5.41) is 0.701. The van der Waals surface area contributed by atoms with Crippen LogP contribution in [0.1, 0.15) is 5.56 Å². The average Bonchev–Trinajstić information content (AvgIpc) is 2.17. The first-order valence-electron chi connectivity index (χ1n) is 4.24. The van der Waals surface area contributed by atoms with Gasteiger partial charge in [0.15, 0.2) is 0 Å². The molecule has 0 spiro atoms. The third-order valence-corrected chi connectivity index (χ3v) is 2.10. The van der Waals surface area contributed by atoms with Crippen LogP contribution in [0.5, 0.6) is 0 Å². The van der Waals surface area contributed by atoms with Crippen molar-refractivity contribution < 1.29 is 4.39 Å². The molecule has 0 atom stereocenters. The second-order valence-electron chi connectivity index (χ2n) is 3.15. The van der Waals surface area contributed by atoms with Crippen molar-refractivity contribution in [2.45, 2.75) is 6.92 Å². The average molecular weight is 191 g/mol. The van der Waals surface area contributed by atoms with E-state index in [1.165, 1.54) is 12.3 Å². The van der Waals surface area contributed by atoms with Gasteiger partial charge in [-0.1, -0.05) is 0 Å². The molecule has 0 aliphatic heterocycles. The summed E-state index contributed by atoms with van der Waals surface area (Å²) >= 11 is 0. The predicted octanol–water partition coefficient (Wildman–Crippen LogP) is 1.97. The van der Waals surface area contributed by atoms with Gasteiger partial charge in [-0.3, -0.25) is 10.8 Å². The molecule has 2 aromatic rings. The Balaban J connectivity index is 2.86. The van der Waals surface area contributed by atoms with Crippen LogP contribution in [-0.4, -0.2) is 4.98 Å².